The molecule has 5 rings (SSSR count). The fourth-order valence-corrected chi connectivity index (χ4v) is 3.91. The van der Waals surface area contributed by atoms with Gasteiger partial charge in [0.2, 0.25) is 0 Å². The van der Waals surface area contributed by atoms with E-state index in [2.05, 4.69) is 10.3 Å². The van der Waals surface area contributed by atoms with Crippen molar-refractivity contribution in [2.45, 2.75) is 19.6 Å². The van der Waals surface area contributed by atoms with Crippen LogP contribution < -0.4 is 15.6 Å². The van der Waals surface area contributed by atoms with E-state index in [0.29, 0.717) is 27.7 Å². The van der Waals surface area contributed by atoms with Crippen LogP contribution in [-0.2, 0) is 19.6 Å². The third-order valence-electron chi connectivity index (χ3n) is 5.12. The Balaban J connectivity index is 1.44. The van der Waals surface area contributed by atoms with Gasteiger partial charge in [-0.2, -0.15) is 0 Å². The topological polar surface area (TPSA) is 69.3 Å². The molecule has 0 saturated heterocycles. The zero-order valence-electron chi connectivity index (χ0n) is 15.8. The average Bonchev–Trinajstić information content (AvgIpc) is 3.14. The van der Waals surface area contributed by atoms with Gasteiger partial charge >= 0.3 is 0 Å². The van der Waals surface area contributed by atoms with Crippen molar-refractivity contribution in [3.63, 3.8) is 0 Å². The molecule has 6 nitrogen and oxygen atoms in total. The fourth-order valence-electron chi connectivity index (χ4n) is 3.61. The SMILES string of the molecule is O=c1cc(OCc2ccc(F)cn2)ccn1-c1ccc2c3c(oc2c1Cl)CCNC3. The monoisotopic (exact) mass is 425 g/mol. The molecule has 0 aliphatic carbocycles. The van der Waals surface area contributed by atoms with E-state index >= 15 is 0 Å². The highest BCUT2D eigenvalue weighted by Gasteiger charge is 2.21. The smallest absolute Gasteiger partial charge is 0.258 e. The molecule has 30 heavy (non-hydrogen) atoms. The minimum absolute atomic E-state index is 0.127. The van der Waals surface area contributed by atoms with E-state index in [9.17, 15) is 9.18 Å². The summed E-state index contributed by atoms with van der Waals surface area (Å²) in [5, 5.41) is 4.69. The number of aromatic nitrogens is 2. The molecule has 0 fully saturated rings. The number of rotatable bonds is 4. The molecule has 0 bridgehead atoms. The second kappa shape index (κ2) is 7.59. The predicted octanol–water partition coefficient (Wildman–Crippen LogP) is 4.00. The first kappa shape index (κ1) is 18.8. The van der Waals surface area contributed by atoms with E-state index in [4.69, 9.17) is 20.8 Å². The molecule has 4 heterocycles. The van der Waals surface area contributed by atoms with Crippen molar-refractivity contribution in [3.05, 3.63) is 87.0 Å². The second-order valence-electron chi connectivity index (χ2n) is 7.03. The van der Waals surface area contributed by atoms with Gasteiger partial charge in [-0.1, -0.05) is 11.6 Å². The van der Waals surface area contributed by atoms with Crippen LogP contribution in [-0.4, -0.2) is 16.1 Å². The number of fused-ring (bicyclic) bond motifs is 3. The van der Waals surface area contributed by atoms with Crippen LogP contribution in [0.3, 0.4) is 0 Å². The summed E-state index contributed by atoms with van der Waals surface area (Å²) in [5.41, 5.74) is 2.52. The van der Waals surface area contributed by atoms with Crippen LogP contribution in [0, 0.1) is 5.82 Å². The van der Waals surface area contributed by atoms with Gasteiger partial charge in [-0.15, -0.1) is 0 Å². The first-order valence-corrected chi connectivity index (χ1v) is 9.88. The van der Waals surface area contributed by atoms with Crippen LogP contribution in [0.2, 0.25) is 5.02 Å². The highest BCUT2D eigenvalue weighted by Crippen LogP contribution is 2.36. The van der Waals surface area contributed by atoms with Gasteiger partial charge < -0.3 is 14.5 Å². The molecule has 3 aromatic heterocycles. The van der Waals surface area contributed by atoms with Gasteiger partial charge in [0, 0.05) is 42.7 Å². The third-order valence-corrected chi connectivity index (χ3v) is 5.49. The van der Waals surface area contributed by atoms with E-state index in [-0.39, 0.29) is 12.2 Å². The molecule has 1 aliphatic rings. The number of pyridine rings is 2. The Morgan fingerprint density at radius 1 is 1.27 bits per heavy atom. The van der Waals surface area contributed by atoms with E-state index in [1.54, 1.807) is 12.3 Å². The van der Waals surface area contributed by atoms with E-state index in [1.807, 2.05) is 12.1 Å². The lowest BCUT2D eigenvalue weighted by Crippen LogP contribution is -2.22. The fraction of sp³-hybridized carbons (Fsp3) is 0.182. The van der Waals surface area contributed by atoms with Crippen molar-refractivity contribution in [2.24, 2.45) is 0 Å². The summed E-state index contributed by atoms with van der Waals surface area (Å²) in [5.74, 6) is 0.913. The van der Waals surface area contributed by atoms with Gasteiger partial charge in [-0.3, -0.25) is 14.3 Å². The summed E-state index contributed by atoms with van der Waals surface area (Å²) in [6, 6.07) is 9.64. The van der Waals surface area contributed by atoms with E-state index in [1.165, 1.54) is 22.8 Å². The summed E-state index contributed by atoms with van der Waals surface area (Å²) in [4.78, 5) is 16.6. The maximum atomic E-state index is 12.9. The maximum Gasteiger partial charge on any atom is 0.258 e. The molecular weight excluding hydrogens is 409 g/mol. The van der Waals surface area contributed by atoms with Crippen molar-refractivity contribution in [3.8, 4) is 11.4 Å². The Kier molecular flexibility index (Phi) is 4.77. The number of ether oxygens (including phenoxy) is 1. The van der Waals surface area contributed by atoms with Gasteiger partial charge in [0.1, 0.15) is 29.0 Å². The summed E-state index contributed by atoms with van der Waals surface area (Å²) in [6.07, 6.45) is 3.54. The quantitative estimate of drug-likeness (QED) is 0.535. The molecule has 1 aromatic carbocycles. The summed E-state index contributed by atoms with van der Waals surface area (Å²) < 4.78 is 26.0. The molecule has 4 aromatic rings. The number of hydrogen-bond donors (Lipinski definition) is 1. The zero-order valence-corrected chi connectivity index (χ0v) is 16.6. The number of nitrogens with zero attached hydrogens (tertiary/aromatic N) is 2. The van der Waals surface area contributed by atoms with Crippen LogP contribution in [0.1, 0.15) is 17.0 Å². The number of benzene rings is 1. The Bertz CT molecular complexity index is 1300. The predicted molar refractivity (Wildman–Crippen MR) is 111 cm³/mol. The molecule has 0 amide bonds. The van der Waals surface area contributed by atoms with Crippen molar-refractivity contribution in [1.82, 2.24) is 14.9 Å². The third kappa shape index (κ3) is 3.36. The van der Waals surface area contributed by atoms with Crippen LogP contribution >= 0.6 is 11.6 Å². The second-order valence-corrected chi connectivity index (χ2v) is 7.41. The Morgan fingerprint density at radius 2 is 2.17 bits per heavy atom. The largest absolute Gasteiger partial charge is 0.487 e. The minimum atomic E-state index is -0.413. The first-order valence-electron chi connectivity index (χ1n) is 9.50. The van der Waals surface area contributed by atoms with Crippen LogP contribution in [0.15, 0.2) is 58.0 Å². The van der Waals surface area contributed by atoms with Crippen LogP contribution in [0.25, 0.3) is 16.7 Å². The van der Waals surface area contributed by atoms with E-state index < -0.39 is 5.82 Å². The lowest BCUT2D eigenvalue weighted by molar-refractivity contribution is 0.300. The van der Waals surface area contributed by atoms with Crippen LogP contribution in [0.4, 0.5) is 4.39 Å². The molecule has 1 N–H and O–H groups in total. The number of furan rings is 1. The minimum Gasteiger partial charge on any atom is -0.487 e. The van der Waals surface area contributed by atoms with Gasteiger partial charge in [-0.05, 0) is 30.3 Å². The number of nitrogens with one attached hydrogen (secondary N) is 1. The highest BCUT2D eigenvalue weighted by atomic mass is 35.5. The summed E-state index contributed by atoms with van der Waals surface area (Å²) >= 11 is 6.62. The lowest BCUT2D eigenvalue weighted by atomic mass is 10.1. The standard InChI is InChI=1S/C22H17ClFN3O3/c23-21-18(4-3-16-17-11-25-7-5-19(17)30-22(16)21)27-8-6-15(9-20(27)28)29-12-14-2-1-13(24)10-26-14/h1-4,6,8-10,25H,5,7,11-12H2. The molecule has 0 atom stereocenters. The lowest BCUT2D eigenvalue weighted by Gasteiger charge is -2.11. The summed E-state index contributed by atoms with van der Waals surface area (Å²) in [7, 11) is 0. The van der Waals surface area contributed by atoms with Gasteiger partial charge in [-0.25, -0.2) is 4.39 Å². The number of halogens is 2. The van der Waals surface area contributed by atoms with Crippen molar-refractivity contribution in [2.75, 3.05) is 6.54 Å². The molecule has 1 aliphatic heterocycles. The Labute approximate surface area is 175 Å². The Hall–Kier alpha value is -3.16. The van der Waals surface area contributed by atoms with Gasteiger partial charge in [0.15, 0.2) is 5.58 Å². The molecule has 0 saturated carbocycles. The van der Waals surface area contributed by atoms with E-state index in [0.717, 1.165) is 42.4 Å². The van der Waals surface area contributed by atoms with Crippen molar-refractivity contribution in [1.29, 1.82) is 0 Å². The van der Waals surface area contributed by atoms with Crippen molar-refractivity contribution >= 4 is 22.6 Å². The molecular formula is C22H17ClFN3O3. The first-order chi connectivity index (χ1) is 14.6. The van der Waals surface area contributed by atoms with Gasteiger partial charge in [0.25, 0.3) is 5.56 Å². The molecule has 0 unspecified atom stereocenters. The maximum absolute atomic E-state index is 12.9. The molecule has 0 radical (unpaired) electrons. The molecule has 8 heteroatoms. The van der Waals surface area contributed by atoms with Gasteiger partial charge in [0.05, 0.1) is 17.6 Å². The molecule has 152 valence electrons. The average molecular weight is 426 g/mol. The molecule has 0 spiro atoms. The normalized spacial score (nSPS) is 13.4. The van der Waals surface area contributed by atoms with Crippen LogP contribution in [0.5, 0.6) is 5.75 Å². The number of hydrogen-bond acceptors (Lipinski definition) is 5. The zero-order chi connectivity index (χ0) is 20.7. The highest BCUT2D eigenvalue weighted by molar-refractivity contribution is 6.36. The van der Waals surface area contributed by atoms with Crippen molar-refractivity contribution < 1.29 is 13.5 Å². The summed E-state index contributed by atoms with van der Waals surface area (Å²) in [6.45, 7) is 1.74. The Morgan fingerprint density at radius 3 is 2.97 bits per heavy atom.